The number of furan rings is 1. The number of amides is 1. The van der Waals surface area contributed by atoms with Gasteiger partial charge in [-0.2, -0.15) is 0 Å². The van der Waals surface area contributed by atoms with Crippen LogP contribution in [-0.4, -0.2) is 17.0 Å². The first-order valence-electron chi connectivity index (χ1n) is 10.2. The van der Waals surface area contributed by atoms with E-state index in [1.807, 2.05) is 26.8 Å². The molecule has 0 aliphatic heterocycles. The van der Waals surface area contributed by atoms with Crippen molar-refractivity contribution in [3.63, 3.8) is 0 Å². The van der Waals surface area contributed by atoms with Gasteiger partial charge < -0.3 is 19.3 Å². The Kier molecular flexibility index (Phi) is 5.34. The molecule has 4 rings (SSSR count). The number of carboxylic acids is 1. The molecular weight excluding hydrogens is 410 g/mol. The lowest BCUT2D eigenvalue weighted by Crippen LogP contribution is -2.35. The molecule has 1 atom stereocenters. The molecule has 0 radical (unpaired) electrons. The van der Waals surface area contributed by atoms with Gasteiger partial charge >= 0.3 is 11.6 Å². The molecule has 2 aromatic carbocycles. The maximum atomic E-state index is 12.7. The lowest BCUT2D eigenvalue weighted by Gasteiger charge is -2.15. The first-order valence-corrected chi connectivity index (χ1v) is 10.2. The van der Waals surface area contributed by atoms with E-state index in [0.717, 1.165) is 27.7 Å². The molecule has 0 aliphatic carbocycles. The highest BCUT2D eigenvalue weighted by Gasteiger charge is 2.24. The number of nitrogens with one attached hydrogen (secondary N) is 1. The highest BCUT2D eigenvalue weighted by atomic mass is 16.4. The number of hydrogen-bond acceptors (Lipinski definition) is 5. The topological polar surface area (TPSA) is 110 Å². The minimum absolute atomic E-state index is 0.198. The van der Waals surface area contributed by atoms with Crippen molar-refractivity contribution in [2.24, 2.45) is 0 Å². The fourth-order valence-electron chi connectivity index (χ4n) is 4.00. The first kappa shape index (κ1) is 21.4. The summed E-state index contributed by atoms with van der Waals surface area (Å²) < 4.78 is 11.4. The quantitative estimate of drug-likeness (QED) is 0.455. The van der Waals surface area contributed by atoms with E-state index in [4.69, 9.17) is 8.83 Å². The van der Waals surface area contributed by atoms with Crippen molar-refractivity contribution in [3.05, 3.63) is 80.4 Å². The van der Waals surface area contributed by atoms with Crippen LogP contribution in [0.15, 0.2) is 50.0 Å². The van der Waals surface area contributed by atoms with Crippen molar-refractivity contribution in [2.75, 3.05) is 0 Å². The average Bonchev–Trinajstić information content (AvgIpc) is 3.05. The van der Waals surface area contributed by atoms with E-state index in [2.05, 4.69) is 5.32 Å². The second-order valence-electron chi connectivity index (χ2n) is 7.96. The van der Waals surface area contributed by atoms with E-state index in [1.165, 1.54) is 0 Å². The highest BCUT2D eigenvalue weighted by Crippen LogP contribution is 2.34. The molecule has 0 spiro atoms. The number of carboxylic acid groups (broad SMARTS) is 1. The summed E-state index contributed by atoms with van der Waals surface area (Å²) in [5.74, 6) is -0.974. The summed E-state index contributed by atoms with van der Waals surface area (Å²) in [6, 6.07) is 9.10. The van der Waals surface area contributed by atoms with Crippen LogP contribution in [-0.2, 0) is 16.0 Å². The fraction of sp³-hybridized carbons (Fsp3) is 0.240. The fourth-order valence-corrected chi connectivity index (χ4v) is 4.00. The largest absolute Gasteiger partial charge is 0.479 e. The second kappa shape index (κ2) is 8.00. The van der Waals surface area contributed by atoms with Gasteiger partial charge in [-0.3, -0.25) is 4.79 Å². The van der Waals surface area contributed by atoms with Crippen molar-refractivity contribution in [1.29, 1.82) is 0 Å². The Balaban J connectivity index is 1.73. The lowest BCUT2D eigenvalue weighted by molar-refractivity contribution is -0.142. The van der Waals surface area contributed by atoms with Gasteiger partial charge in [0.1, 0.15) is 16.9 Å². The van der Waals surface area contributed by atoms with Crippen molar-refractivity contribution in [1.82, 2.24) is 5.32 Å². The standard InChI is InChI=1S/C25H23NO6/c1-12-15(4)31-22-14(3)23-18(10-17(12)22)13(2)19(25(30)32-23)11-20(27)26-21(24(28)29)16-8-6-5-7-9-16/h5-10,21H,11H2,1-4H3,(H,26,27)(H,28,29)/t21-/m0/s1. The van der Waals surface area contributed by atoms with Crippen molar-refractivity contribution in [3.8, 4) is 0 Å². The molecule has 2 heterocycles. The Bertz CT molecular complexity index is 1430. The number of aryl methyl sites for hydroxylation is 4. The molecule has 0 saturated carbocycles. The molecule has 32 heavy (non-hydrogen) atoms. The number of fused-ring (bicyclic) bond motifs is 2. The molecule has 7 heteroatoms. The van der Waals surface area contributed by atoms with E-state index < -0.39 is 23.5 Å². The van der Waals surface area contributed by atoms with Crippen LogP contribution in [0.2, 0.25) is 0 Å². The van der Waals surface area contributed by atoms with Gasteiger partial charge in [0.25, 0.3) is 0 Å². The van der Waals surface area contributed by atoms with Crippen LogP contribution in [0.3, 0.4) is 0 Å². The van der Waals surface area contributed by atoms with Crippen LogP contribution in [0.5, 0.6) is 0 Å². The van der Waals surface area contributed by atoms with Gasteiger partial charge in [0, 0.05) is 16.3 Å². The molecule has 1 amide bonds. The van der Waals surface area contributed by atoms with Gasteiger partial charge in [-0.15, -0.1) is 0 Å². The number of benzene rings is 2. The number of hydrogen-bond donors (Lipinski definition) is 2. The molecule has 0 aliphatic rings. The third kappa shape index (κ3) is 3.56. The van der Waals surface area contributed by atoms with Gasteiger partial charge in [-0.05, 0) is 50.5 Å². The summed E-state index contributed by atoms with van der Waals surface area (Å²) in [6.45, 7) is 7.44. The Morgan fingerprint density at radius 3 is 2.22 bits per heavy atom. The molecule has 0 fully saturated rings. The minimum atomic E-state index is -1.21. The van der Waals surface area contributed by atoms with Crippen LogP contribution in [0, 0.1) is 27.7 Å². The molecule has 0 saturated heterocycles. The molecule has 2 aromatic heterocycles. The second-order valence-corrected chi connectivity index (χ2v) is 7.96. The van der Waals surface area contributed by atoms with Crippen LogP contribution in [0.4, 0.5) is 0 Å². The number of carbonyl (C=O) groups is 2. The summed E-state index contributed by atoms with van der Waals surface area (Å²) in [5, 5.41) is 13.7. The molecule has 7 nitrogen and oxygen atoms in total. The number of rotatable bonds is 5. The number of carbonyl (C=O) groups excluding carboxylic acids is 1. The van der Waals surface area contributed by atoms with E-state index in [0.29, 0.717) is 22.3 Å². The zero-order valence-electron chi connectivity index (χ0n) is 18.2. The van der Waals surface area contributed by atoms with Crippen molar-refractivity contribution in [2.45, 2.75) is 40.2 Å². The summed E-state index contributed by atoms with van der Waals surface area (Å²) in [6.07, 6.45) is -0.290. The molecule has 2 N–H and O–H groups in total. The normalized spacial score (nSPS) is 12.2. The Morgan fingerprint density at radius 1 is 0.938 bits per heavy atom. The zero-order chi connectivity index (χ0) is 23.2. The van der Waals surface area contributed by atoms with Crippen LogP contribution < -0.4 is 10.9 Å². The third-order valence-corrected chi connectivity index (χ3v) is 5.97. The molecule has 164 valence electrons. The van der Waals surface area contributed by atoms with E-state index >= 15 is 0 Å². The third-order valence-electron chi connectivity index (χ3n) is 5.97. The van der Waals surface area contributed by atoms with Gasteiger partial charge in [0.15, 0.2) is 6.04 Å². The summed E-state index contributed by atoms with van der Waals surface area (Å²) in [5.41, 5.74) is 3.46. The van der Waals surface area contributed by atoms with Crippen molar-refractivity contribution < 1.29 is 23.5 Å². The zero-order valence-corrected chi connectivity index (χ0v) is 18.2. The molecular formula is C25H23NO6. The SMILES string of the molecule is Cc1oc2c(C)c3oc(=O)c(CC(=O)N[C@H](C(=O)O)c4ccccc4)c(C)c3cc2c1C. The Labute approximate surface area is 183 Å². The highest BCUT2D eigenvalue weighted by molar-refractivity contribution is 6.00. The maximum absolute atomic E-state index is 12.7. The first-order chi connectivity index (χ1) is 15.2. The Hall–Kier alpha value is -3.87. The van der Waals surface area contributed by atoms with Gasteiger partial charge in [-0.1, -0.05) is 30.3 Å². The molecule has 4 aromatic rings. The van der Waals surface area contributed by atoms with Gasteiger partial charge in [0.2, 0.25) is 5.91 Å². The van der Waals surface area contributed by atoms with Crippen LogP contribution >= 0.6 is 0 Å². The summed E-state index contributed by atoms with van der Waals surface area (Å²) >= 11 is 0. The minimum Gasteiger partial charge on any atom is -0.479 e. The molecule has 0 unspecified atom stereocenters. The molecule has 0 bridgehead atoms. The van der Waals surface area contributed by atoms with E-state index in [-0.39, 0.29) is 12.0 Å². The van der Waals surface area contributed by atoms with Gasteiger partial charge in [-0.25, -0.2) is 9.59 Å². The number of aliphatic carboxylic acids is 1. The van der Waals surface area contributed by atoms with Gasteiger partial charge in [0.05, 0.1) is 12.0 Å². The van der Waals surface area contributed by atoms with E-state index in [1.54, 1.807) is 37.3 Å². The van der Waals surface area contributed by atoms with Crippen LogP contribution in [0.1, 0.15) is 39.6 Å². The lowest BCUT2D eigenvalue weighted by atomic mass is 9.98. The average molecular weight is 433 g/mol. The van der Waals surface area contributed by atoms with E-state index in [9.17, 15) is 19.5 Å². The van der Waals surface area contributed by atoms with Crippen molar-refractivity contribution >= 4 is 33.8 Å². The Morgan fingerprint density at radius 2 is 1.56 bits per heavy atom. The summed E-state index contributed by atoms with van der Waals surface area (Å²) in [7, 11) is 0. The smallest absolute Gasteiger partial charge is 0.340 e. The predicted octanol–water partition coefficient (Wildman–Crippen LogP) is 4.26. The summed E-state index contributed by atoms with van der Waals surface area (Å²) in [4.78, 5) is 37.1. The van der Waals surface area contributed by atoms with Crippen LogP contribution in [0.25, 0.3) is 21.9 Å². The monoisotopic (exact) mass is 433 g/mol. The maximum Gasteiger partial charge on any atom is 0.340 e. The predicted molar refractivity (Wildman–Crippen MR) is 120 cm³/mol.